The van der Waals surface area contributed by atoms with Gasteiger partial charge in [-0.2, -0.15) is 4.98 Å². The van der Waals surface area contributed by atoms with E-state index in [1.54, 1.807) is 26.2 Å². The van der Waals surface area contributed by atoms with Crippen molar-refractivity contribution in [2.75, 3.05) is 38.3 Å². The zero-order chi connectivity index (χ0) is 12.8. The van der Waals surface area contributed by atoms with Crippen molar-refractivity contribution in [3.05, 3.63) is 12.1 Å². The molecule has 0 saturated heterocycles. The molecule has 1 aromatic rings. The van der Waals surface area contributed by atoms with Crippen LogP contribution >= 0.6 is 0 Å². The van der Waals surface area contributed by atoms with E-state index >= 15 is 0 Å². The molecule has 3 N–H and O–H groups in total. The van der Waals surface area contributed by atoms with Crippen LogP contribution in [0.15, 0.2) is 12.1 Å². The highest BCUT2D eigenvalue weighted by atomic mass is 16.5. The van der Waals surface area contributed by atoms with Gasteiger partial charge in [-0.15, -0.1) is 0 Å². The van der Waals surface area contributed by atoms with Crippen LogP contribution in [0.4, 0.5) is 11.5 Å². The maximum atomic E-state index is 11.4. The molecule has 1 rings (SSSR count). The van der Waals surface area contributed by atoms with E-state index in [9.17, 15) is 4.79 Å². The fraction of sp³-hybridized carbons (Fsp3) is 0.455. The normalized spacial score (nSPS) is 9.82. The lowest BCUT2D eigenvalue weighted by molar-refractivity contribution is -0.126. The largest absolute Gasteiger partial charge is 0.476 e. The lowest BCUT2D eigenvalue weighted by Crippen LogP contribution is -2.28. The zero-order valence-corrected chi connectivity index (χ0v) is 10.4. The number of nitrogens with two attached hydrogens (primary N) is 1. The summed E-state index contributed by atoms with van der Waals surface area (Å²) >= 11 is 0. The number of nitrogen functional groups attached to an aromatic ring is 1. The van der Waals surface area contributed by atoms with E-state index in [0.717, 1.165) is 0 Å². The van der Waals surface area contributed by atoms with Crippen molar-refractivity contribution < 1.29 is 9.53 Å². The fourth-order valence-electron chi connectivity index (χ4n) is 1.13. The molecule has 1 aromatic heterocycles. The summed E-state index contributed by atoms with van der Waals surface area (Å²) in [6.45, 7) is 2.55. The molecule has 0 aromatic carbocycles. The lowest BCUT2D eigenvalue weighted by Gasteiger charge is -2.12. The van der Waals surface area contributed by atoms with Gasteiger partial charge in [-0.1, -0.05) is 0 Å². The molecule has 6 heteroatoms. The molecule has 94 valence electrons. The van der Waals surface area contributed by atoms with Crippen LogP contribution in [-0.4, -0.2) is 43.0 Å². The molecule has 0 spiro atoms. The summed E-state index contributed by atoms with van der Waals surface area (Å²) in [6.07, 6.45) is 0. The minimum Gasteiger partial charge on any atom is -0.476 e. The Labute approximate surface area is 101 Å². The van der Waals surface area contributed by atoms with Gasteiger partial charge in [0.1, 0.15) is 5.82 Å². The lowest BCUT2D eigenvalue weighted by atomic mass is 10.4. The van der Waals surface area contributed by atoms with Crippen LogP contribution in [0.25, 0.3) is 0 Å². The molecule has 0 radical (unpaired) electrons. The molecule has 6 nitrogen and oxygen atoms in total. The SMILES string of the molecule is CCOc1nc(NCC(=O)N(C)C)ccc1N. The van der Waals surface area contributed by atoms with Crippen LogP contribution in [-0.2, 0) is 4.79 Å². The third kappa shape index (κ3) is 3.82. The van der Waals surface area contributed by atoms with Crippen molar-refractivity contribution in [2.45, 2.75) is 6.92 Å². The van der Waals surface area contributed by atoms with E-state index in [0.29, 0.717) is 24.0 Å². The van der Waals surface area contributed by atoms with Crippen molar-refractivity contribution in [1.29, 1.82) is 0 Å². The number of pyridine rings is 1. The summed E-state index contributed by atoms with van der Waals surface area (Å²) in [5, 5.41) is 2.91. The first-order chi connectivity index (χ1) is 8.04. The number of hydrogen-bond acceptors (Lipinski definition) is 5. The van der Waals surface area contributed by atoms with Gasteiger partial charge in [0.25, 0.3) is 0 Å². The summed E-state index contributed by atoms with van der Waals surface area (Å²) in [5.41, 5.74) is 6.17. The third-order valence-electron chi connectivity index (χ3n) is 2.09. The highest BCUT2D eigenvalue weighted by molar-refractivity contribution is 5.80. The average Bonchev–Trinajstić information content (AvgIpc) is 2.29. The minimum atomic E-state index is -0.0263. The van der Waals surface area contributed by atoms with Crippen molar-refractivity contribution >= 4 is 17.4 Å². The summed E-state index contributed by atoms with van der Waals surface area (Å²) in [4.78, 5) is 17.0. The summed E-state index contributed by atoms with van der Waals surface area (Å²) < 4.78 is 5.26. The number of nitrogens with one attached hydrogen (secondary N) is 1. The second kappa shape index (κ2) is 5.93. The Hall–Kier alpha value is -1.98. The van der Waals surface area contributed by atoms with Crippen molar-refractivity contribution in [3.8, 4) is 5.88 Å². The molecule has 1 heterocycles. The highest BCUT2D eigenvalue weighted by Crippen LogP contribution is 2.20. The predicted octanol–water partition coefficient (Wildman–Crippen LogP) is 0.563. The van der Waals surface area contributed by atoms with Gasteiger partial charge in [-0.25, -0.2) is 0 Å². The smallest absolute Gasteiger partial charge is 0.241 e. The van der Waals surface area contributed by atoms with Crippen LogP contribution in [0.1, 0.15) is 6.92 Å². The number of ether oxygens (including phenoxy) is 1. The van der Waals surface area contributed by atoms with Gasteiger partial charge in [0.05, 0.1) is 18.8 Å². The standard InChI is InChI=1S/C11H18N4O2/c1-4-17-11-8(12)5-6-9(14-11)13-7-10(16)15(2)3/h5-6H,4,7,12H2,1-3H3,(H,13,14). The zero-order valence-electron chi connectivity index (χ0n) is 10.4. The van der Waals surface area contributed by atoms with Crippen molar-refractivity contribution in [3.63, 3.8) is 0 Å². The van der Waals surface area contributed by atoms with Gasteiger partial charge in [0.15, 0.2) is 0 Å². The number of anilines is 2. The Morgan fingerprint density at radius 1 is 1.53 bits per heavy atom. The molecule has 0 atom stereocenters. The Balaban J connectivity index is 2.66. The maximum absolute atomic E-state index is 11.4. The molecule has 0 saturated carbocycles. The molecule has 0 aliphatic heterocycles. The Morgan fingerprint density at radius 2 is 2.24 bits per heavy atom. The molecule has 0 aliphatic rings. The van der Waals surface area contributed by atoms with Crippen LogP contribution in [0.3, 0.4) is 0 Å². The first-order valence-corrected chi connectivity index (χ1v) is 5.38. The van der Waals surface area contributed by atoms with Gasteiger partial charge in [-0.3, -0.25) is 4.79 Å². The van der Waals surface area contributed by atoms with Gasteiger partial charge in [-0.05, 0) is 19.1 Å². The number of carbonyl (C=O) groups is 1. The van der Waals surface area contributed by atoms with E-state index in [1.165, 1.54) is 4.90 Å². The summed E-state index contributed by atoms with van der Waals surface area (Å²) in [6, 6.07) is 3.40. The molecular weight excluding hydrogens is 220 g/mol. The van der Waals surface area contributed by atoms with E-state index in [-0.39, 0.29) is 12.5 Å². The fourth-order valence-corrected chi connectivity index (χ4v) is 1.13. The summed E-state index contributed by atoms with van der Waals surface area (Å²) in [5.74, 6) is 0.925. The van der Waals surface area contributed by atoms with Gasteiger partial charge in [0.2, 0.25) is 11.8 Å². The number of likely N-dealkylation sites (N-methyl/N-ethyl adjacent to an activating group) is 1. The monoisotopic (exact) mass is 238 g/mol. The van der Waals surface area contributed by atoms with Gasteiger partial charge >= 0.3 is 0 Å². The van der Waals surface area contributed by atoms with Gasteiger partial charge in [0, 0.05) is 14.1 Å². The molecule has 0 aliphatic carbocycles. The molecule has 1 amide bonds. The number of rotatable bonds is 5. The number of aromatic nitrogens is 1. The highest BCUT2D eigenvalue weighted by Gasteiger charge is 2.06. The Kier molecular flexibility index (Phi) is 4.56. The molecule has 17 heavy (non-hydrogen) atoms. The topological polar surface area (TPSA) is 80.5 Å². The number of nitrogens with zero attached hydrogens (tertiary/aromatic N) is 2. The maximum Gasteiger partial charge on any atom is 0.241 e. The Bertz CT molecular complexity index is 393. The Morgan fingerprint density at radius 3 is 2.82 bits per heavy atom. The van der Waals surface area contributed by atoms with Crippen molar-refractivity contribution in [1.82, 2.24) is 9.88 Å². The second-order valence-corrected chi connectivity index (χ2v) is 3.67. The molecule has 0 bridgehead atoms. The van der Waals surface area contributed by atoms with Crippen molar-refractivity contribution in [2.24, 2.45) is 0 Å². The van der Waals surface area contributed by atoms with E-state index < -0.39 is 0 Å². The van der Waals surface area contributed by atoms with Gasteiger partial charge < -0.3 is 20.7 Å². The predicted molar refractivity (Wildman–Crippen MR) is 67.0 cm³/mol. The number of hydrogen-bond donors (Lipinski definition) is 2. The minimum absolute atomic E-state index is 0.0263. The van der Waals surface area contributed by atoms with Crippen LogP contribution < -0.4 is 15.8 Å². The van der Waals surface area contributed by atoms with Crippen LogP contribution in [0.5, 0.6) is 5.88 Å². The van der Waals surface area contributed by atoms with Crippen LogP contribution in [0, 0.1) is 0 Å². The first-order valence-electron chi connectivity index (χ1n) is 5.38. The van der Waals surface area contributed by atoms with E-state index in [2.05, 4.69) is 10.3 Å². The number of carbonyl (C=O) groups excluding carboxylic acids is 1. The second-order valence-electron chi connectivity index (χ2n) is 3.67. The third-order valence-corrected chi connectivity index (χ3v) is 2.09. The first kappa shape index (κ1) is 13.1. The van der Waals surface area contributed by atoms with E-state index in [4.69, 9.17) is 10.5 Å². The molecule has 0 fully saturated rings. The quantitative estimate of drug-likeness (QED) is 0.783. The van der Waals surface area contributed by atoms with E-state index in [1.807, 2.05) is 6.92 Å². The number of amides is 1. The average molecular weight is 238 g/mol. The molecular formula is C11H18N4O2. The van der Waals surface area contributed by atoms with Crippen LogP contribution in [0.2, 0.25) is 0 Å². The molecule has 0 unspecified atom stereocenters. The summed E-state index contributed by atoms with van der Waals surface area (Å²) in [7, 11) is 3.40.